The van der Waals surface area contributed by atoms with Gasteiger partial charge in [-0.15, -0.1) is 0 Å². The van der Waals surface area contributed by atoms with E-state index in [2.05, 4.69) is 16.3 Å². The van der Waals surface area contributed by atoms with Crippen LogP contribution in [0.3, 0.4) is 0 Å². The highest BCUT2D eigenvalue weighted by Gasteiger charge is 2.73. The van der Waals surface area contributed by atoms with E-state index in [1.165, 1.54) is 18.4 Å². The Kier molecular flexibility index (Phi) is 7.40. The Morgan fingerprint density at radius 2 is 1.93 bits per heavy atom. The molecule has 3 fully saturated rings. The Hall–Kier alpha value is -2.92. The number of carbonyl (C=O) groups is 2. The highest BCUT2D eigenvalue weighted by atomic mass is 35.5. The Morgan fingerprint density at radius 1 is 1.21 bits per heavy atom. The van der Waals surface area contributed by atoms with Gasteiger partial charge in [-0.25, -0.2) is 0 Å². The number of hydrogen-bond acceptors (Lipinski definition) is 7. The lowest BCUT2D eigenvalue weighted by Crippen LogP contribution is -2.81. The fourth-order valence-corrected chi connectivity index (χ4v) is 7.85. The highest BCUT2D eigenvalue weighted by Crippen LogP contribution is 2.65. The molecule has 2 bridgehead atoms. The molecule has 2 aliphatic heterocycles. The lowest BCUT2D eigenvalue weighted by Gasteiger charge is -2.65. The number of rotatable bonds is 6. The molecule has 42 heavy (non-hydrogen) atoms. The summed E-state index contributed by atoms with van der Waals surface area (Å²) < 4.78 is 38.1. The van der Waals surface area contributed by atoms with Crippen LogP contribution in [0.25, 0.3) is 6.08 Å². The second-order valence-electron chi connectivity index (χ2n) is 12.1. The third kappa shape index (κ3) is 5.02. The standard InChI is InChI=1S/C30H31ClN2O4.CH4O3S/c1-36-23-10-7-20-16-24-30(32-25(35)11-6-18-4-8-21(31)9-5-18)13-12-22(34)28-29(30,26(20)27(23)37-28)14-15-33(24)17-19-2-3-19;1-5(2,3)4/h4-11,19,24,28H,2-3,12-17H2,1H3,(H,32,35);1H3,(H,2,3,4)/b11-6+;/t24?,28-,29?,30+;/m0./s1. The maximum absolute atomic E-state index is 13.6. The van der Waals surface area contributed by atoms with E-state index in [-0.39, 0.29) is 17.7 Å². The second kappa shape index (κ2) is 10.7. The molecule has 0 aromatic heterocycles. The van der Waals surface area contributed by atoms with Crippen LogP contribution in [0.4, 0.5) is 0 Å². The molecule has 1 saturated heterocycles. The first-order valence-corrected chi connectivity index (χ1v) is 16.5. The van der Waals surface area contributed by atoms with Gasteiger partial charge in [0.1, 0.15) is 0 Å². The van der Waals surface area contributed by atoms with E-state index < -0.39 is 27.2 Å². The number of ether oxygens (including phenoxy) is 2. The van der Waals surface area contributed by atoms with Gasteiger partial charge in [0, 0.05) is 35.7 Å². The van der Waals surface area contributed by atoms with E-state index in [0.717, 1.165) is 43.0 Å². The summed E-state index contributed by atoms with van der Waals surface area (Å²) in [5.74, 6) is 2.09. The van der Waals surface area contributed by atoms with Crippen LogP contribution in [0.1, 0.15) is 48.8 Å². The monoisotopic (exact) mass is 614 g/mol. The van der Waals surface area contributed by atoms with Crippen molar-refractivity contribution in [2.75, 3.05) is 26.5 Å². The Bertz CT molecular complexity index is 1550. The largest absolute Gasteiger partial charge is 0.493 e. The molecule has 7 rings (SSSR count). The van der Waals surface area contributed by atoms with E-state index in [1.807, 2.05) is 36.4 Å². The molecule has 2 N–H and O–H groups in total. The van der Waals surface area contributed by atoms with Crippen molar-refractivity contribution in [1.82, 2.24) is 10.2 Å². The molecule has 224 valence electrons. The topological polar surface area (TPSA) is 122 Å². The number of likely N-dealkylation sites (tertiary alicyclic amines) is 1. The van der Waals surface area contributed by atoms with Crippen LogP contribution in [0.5, 0.6) is 11.5 Å². The maximum Gasteiger partial charge on any atom is 0.261 e. The number of benzene rings is 2. The number of nitrogens with zero attached hydrogens (tertiary/aromatic N) is 1. The Morgan fingerprint density at radius 3 is 2.60 bits per heavy atom. The molecule has 2 saturated carbocycles. The molecule has 2 unspecified atom stereocenters. The normalized spacial score (nSPS) is 29.3. The molecule has 1 amide bonds. The number of methoxy groups -OCH3 is 1. The molecule has 5 aliphatic rings. The van der Waals surface area contributed by atoms with Gasteiger partial charge < -0.3 is 14.8 Å². The zero-order valence-electron chi connectivity index (χ0n) is 23.6. The van der Waals surface area contributed by atoms with Gasteiger partial charge in [0.2, 0.25) is 5.91 Å². The molecular weight excluding hydrogens is 580 g/mol. The maximum atomic E-state index is 13.6. The number of halogens is 1. The number of Topliss-reactive ketones (excluding diaryl/α,β-unsaturated/α-hetero) is 1. The van der Waals surface area contributed by atoms with Crippen LogP contribution >= 0.6 is 11.6 Å². The summed E-state index contributed by atoms with van der Waals surface area (Å²) in [7, 11) is -2.02. The molecule has 4 atom stereocenters. The molecular formula is C31H35ClN2O7S. The SMILES string of the molecule is COc1ccc2c3c1O[C@H]1C(=O)CC[C@@]4(NC(=O)/C=C/c5ccc(Cl)cc5)C(C2)N(CC2CC2)CCC314.CS(=O)(=O)O. The van der Waals surface area contributed by atoms with Crippen molar-refractivity contribution in [3.05, 3.63) is 64.2 Å². The van der Waals surface area contributed by atoms with E-state index >= 15 is 0 Å². The summed E-state index contributed by atoms with van der Waals surface area (Å²) in [5.41, 5.74) is 2.04. The third-order valence-corrected chi connectivity index (χ3v) is 9.71. The van der Waals surface area contributed by atoms with Crippen LogP contribution in [0.2, 0.25) is 5.02 Å². The predicted molar refractivity (Wildman–Crippen MR) is 159 cm³/mol. The first-order valence-electron chi connectivity index (χ1n) is 14.3. The number of carbonyl (C=O) groups excluding carboxylic acids is 2. The van der Waals surface area contributed by atoms with Gasteiger partial charge in [0.25, 0.3) is 10.1 Å². The average molecular weight is 615 g/mol. The van der Waals surface area contributed by atoms with Crippen LogP contribution in [0.15, 0.2) is 42.5 Å². The molecule has 11 heteroatoms. The number of hydrogen-bond donors (Lipinski definition) is 2. The van der Waals surface area contributed by atoms with Crippen molar-refractivity contribution in [3.63, 3.8) is 0 Å². The molecule has 2 aromatic carbocycles. The van der Waals surface area contributed by atoms with Crippen LogP contribution < -0.4 is 14.8 Å². The molecule has 2 heterocycles. The quantitative estimate of drug-likeness (QED) is 0.372. The third-order valence-electron chi connectivity index (χ3n) is 9.46. The summed E-state index contributed by atoms with van der Waals surface area (Å²) in [6, 6.07) is 11.6. The van der Waals surface area contributed by atoms with Gasteiger partial charge >= 0.3 is 0 Å². The van der Waals surface area contributed by atoms with Crippen molar-refractivity contribution in [3.8, 4) is 11.5 Å². The summed E-state index contributed by atoms with van der Waals surface area (Å²) in [6.07, 6.45) is 8.72. The van der Waals surface area contributed by atoms with Crippen molar-refractivity contribution >= 4 is 39.5 Å². The summed E-state index contributed by atoms with van der Waals surface area (Å²) in [6.45, 7) is 1.96. The van der Waals surface area contributed by atoms with Gasteiger partial charge in [0.05, 0.1) is 24.3 Å². The zero-order chi connectivity index (χ0) is 29.9. The number of amides is 1. The zero-order valence-corrected chi connectivity index (χ0v) is 25.2. The van der Waals surface area contributed by atoms with Crippen LogP contribution in [-0.2, 0) is 31.5 Å². The van der Waals surface area contributed by atoms with E-state index in [4.69, 9.17) is 25.6 Å². The molecule has 2 aromatic rings. The second-order valence-corrected chi connectivity index (χ2v) is 14.0. The Balaban J connectivity index is 0.000000585. The highest BCUT2D eigenvalue weighted by molar-refractivity contribution is 7.85. The van der Waals surface area contributed by atoms with Crippen LogP contribution in [-0.4, -0.2) is 73.7 Å². The fourth-order valence-electron chi connectivity index (χ4n) is 7.72. The fraction of sp³-hybridized carbons (Fsp3) is 0.484. The summed E-state index contributed by atoms with van der Waals surface area (Å²) in [4.78, 5) is 29.7. The van der Waals surface area contributed by atoms with Crippen molar-refractivity contribution in [2.24, 2.45) is 5.92 Å². The van der Waals surface area contributed by atoms with Crippen LogP contribution in [0, 0.1) is 5.92 Å². The van der Waals surface area contributed by atoms with E-state index in [0.29, 0.717) is 35.6 Å². The van der Waals surface area contributed by atoms with Crippen molar-refractivity contribution in [1.29, 1.82) is 0 Å². The number of piperidine rings is 1. The van der Waals surface area contributed by atoms with E-state index in [1.54, 1.807) is 13.2 Å². The number of ketones is 1. The van der Waals surface area contributed by atoms with Gasteiger partial charge in [-0.05, 0) is 80.0 Å². The Labute approximate surface area is 251 Å². The molecule has 1 spiro atoms. The molecule has 9 nitrogen and oxygen atoms in total. The minimum absolute atomic E-state index is 0.112. The van der Waals surface area contributed by atoms with E-state index in [9.17, 15) is 18.0 Å². The van der Waals surface area contributed by atoms with Crippen molar-refractivity contribution in [2.45, 2.75) is 61.6 Å². The minimum atomic E-state index is -3.67. The number of nitrogens with one attached hydrogen (secondary N) is 1. The first-order chi connectivity index (χ1) is 19.9. The smallest absolute Gasteiger partial charge is 0.261 e. The molecule has 3 aliphatic carbocycles. The lowest BCUT2D eigenvalue weighted by atomic mass is 9.47. The van der Waals surface area contributed by atoms with Gasteiger partial charge in [-0.2, -0.15) is 8.42 Å². The van der Waals surface area contributed by atoms with Gasteiger partial charge in [0.15, 0.2) is 23.4 Å². The average Bonchev–Trinajstić information content (AvgIpc) is 3.68. The minimum Gasteiger partial charge on any atom is -0.493 e. The summed E-state index contributed by atoms with van der Waals surface area (Å²) >= 11 is 6.02. The van der Waals surface area contributed by atoms with Gasteiger partial charge in [-0.3, -0.25) is 19.0 Å². The lowest BCUT2D eigenvalue weighted by molar-refractivity contribution is -0.148. The molecule has 0 radical (unpaired) electrons. The summed E-state index contributed by atoms with van der Waals surface area (Å²) in [5, 5.41) is 4.19. The predicted octanol–water partition coefficient (Wildman–Crippen LogP) is 3.82. The van der Waals surface area contributed by atoms with Gasteiger partial charge in [-0.1, -0.05) is 29.8 Å². The van der Waals surface area contributed by atoms with Crippen molar-refractivity contribution < 1.29 is 32.0 Å². The first kappa shape index (κ1) is 29.2.